The van der Waals surface area contributed by atoms with Crippen LogP contribution in [0.15, 0.2) is 0 Å². The predicted octanol–water partition coefficient (Wildman–Crippen LogP) is 4.23. The highest BCUT2D eigenvalue weighted by Gasteiger charge is 2.25. The molecule has 96 valence electrons. The molecule has 0 aliphatic heterocycles. The lowest BCUT2D eigenvalue weighted by molar-refractivity contribution is 0.193. The largest absolute Gasteiger partial charge is 0.317 e. The second-order valence-corrected chi connectivity index (χ2v) is 6.71. The number of nitrogens with one attached hydrogen (secondary N) is 1. The Morgan fingerprint density at radius 3 is 2.25 bits per heavy atom. The minimum absolute atomic E-state index is 0.514. The average molecular weight is 225 g/mol. The van der Waals surface area contributed by atoms with E-state index in [-0.39, 0.29) is 0 Å². The van der Waals surface area contributed by atoms with Gasteiger partial charge in [0.15, 0.2) is 0 Å². The minimum Gasteiger partial charge on any atom is -0.317 e. The van der Waals surface area contributed by atoms with Gasteiger partial charge in [0.05, 0.1) is 0 Å². The van der Waals surface area contributed by atoms with E-state index in [9.17, 15) is 0 Å². The van der Waals surface area contributed by atoms with Crippen LogP contribution in [-0.4, -0.2) is 13.1 Å². The number of rotatable bonds is 5. The van der Waals surface area contributed by atoms with Gasteiger partial charge in [0, 0.05) is 0 Å². The molecule has 1 heteroatoms. The normalized spacial score (nSPS) is 27.0. The van der Waals surface area contributed by atoms with E-state index >= 15 is 0 Å². The summed E-state index contributed by atoms with van der Waals surface area (Å²) < 4.78 is 0. The summed E-state index contributed by atoms with van der Waals surface area (Å²) in [6.45, 7) is 11.7. The highest BCUT2D eigenvalue weighted by Crippen LogP contribution is 2.35. The Morgan fingerprint density at radius 1 is 1.06 bits per heavy atom. The maximum absolute atomic E-state index is 3.55. The Labute approximate surface area is 102 Å². The molecular formula is C15H31N. The molecule has 0 amide bonds. The molecule has 2 atom stereocenters. The Bertz CT molecular complexity index is 180. The van der Waals surface area contributed by atoms with Crippen LogP contribution in [0.25, 0.3) is 0 Å². The molecule has 1 nitrogen and oxygen atoms in total. The molecule has 1 fully saturated rings. The average Bonchev–Trinajstić information content (AvgIpc) is 2.23. The van der Waals surface area contributed by atoms with E-state index < -0.39 is 0 Å². The molecule has 1 aliphatic carbocycles. The third-order valence-electron chi connectivity index (χ3n) is 3.99. The van der Waals surface area contributed by atoms with E-state index in [1.165, 1.54) is 45.1 Å². The Balaban J connectivity index is 2.34. The topological polar surface area (TPSA) is 12.0 Å². The van der Waals surface area contributed by atoms with Crippen molar-refractivity contribution in [2.75, 3.05) is 13.1 Å². The van der Waals surface area contributed by atoms with Gasteiger partial charge >= 0.3 is 0 Å². The first kappa shape index (κ1) is 14.0. The molecule has 2 unspecified atom stereocenters. The van der Waals surface area contributed by atoms with E-state index in [1.807, 2.05) is 0 Å². The van der Waals surface area contributed by atoms with E-state index in [2.05, 4.69) is 33.0 Å². The van der Waals surface area contributed by atoms with Gasteiger partial charge in [0.25, 0.3) is 0 Å². The van der Waals surface area contributed by atoms with Crippen LogP contribution >= 0.6 is 0 Å². The molecular weight excluding hydrogens is 194 g/mol. The fourth-order valence-corrected chi connectivity index (χ4v) is 2.88. The standard InChI is InChI=1S/C15H31N/c1-5-16-12-14-9-7-6-8-13(14)10-11-15(2,3)4/h13-14,16H,5-12H2,1-4H3. The second-order valence-electron chi connectivity index (χ2n) is 6.71. The van der Waals surface area contributed by atoms with Gasteiger partial charge in [-0.2, -0.15) is 0 Å². The summed E-state index contributed by atoms with van der Waals surface area (Å²) in [6, 6.07) is 0. The maximum atomic E-state index is 3.55. The fraction of sp³-hybridized carbons (Fsp3) is 1.00. The SMILES string of the molecule is CCNCC1CCCCC1CCC(C)(C)C. The lowest BCUT2D eigenvalue weighted by Crippen LogP contribution is -2.31. The van der Waals surface area contributed by atoms with Crippen LogP contribution in [0, 0.1) is 17.3 Å². The van der Waals surface area contributed by atoms with Crippen LogP contribution in [0.4, 0.5) is 0 Å². The van der Waals surface area contributed by atoms with Crippen molar-refractivity contribution < 1.29 is 0 Å². The highest BCUT2D eigenvalue weighted by atomic mass is 14.8. The molecule has 0 aromatic heterocycles. The lowest BCUT2D eigenvalue weighted by Gasteiger charge is -2.33. The summed E-state index contributed by atoms with van der Waals surface area (Å²) in [5.74, 6) is 1.95. The molecule has 1 N–H and O–H groups in total. The molecule has 0 spiro atoms. The van der Waals surface area contributed by atoms with Crippen molar-refractivity contribution in [3.05, 3.63) is 0 Å². The van der Waals surface area contributed by atoms with Crippen molar-refractivity contribution in [3.8, 4) is 0 Å². The smallest absolute Gasteiger partial charge is 0.00180 e. The predicted molar refractivity (Wildman–Crippen MR) is 72.7 cm³/mol. The molecule has 1 saturated carbocycles. The Hall–Kier alpha value is -0.0400. The van der Waals surface area contributed by atoms with Crippen LogP contribution in [-0.2, 0) is 0 Å². The first-order valence-corrected chi connectivity index (χ1v) is 7.23. The number of hydrogen-bond donors (Lipinski definition) is 1. The molecule has 1 rings (SSSR count). The van der Waals surface area contributed by atoms with Crippen LogP contribution in [0.2, 0.25) is 0 Å². The molecule has 0 radical (unpaired) electrons. The summed E-state index contributed by atoms with van der Waals surface area (Å²) >= 11 is 0. The summed E-state index contributed by atoms with van der Waals surface area (Å²) in [4.78, 5) is 0. The van der Waals surface area contributed by atoms with Crippen LogP contribution in [0.1, 0.15) is 66.2 Å². The van der Waals surface area contributed by atoms with Crippen LogP contribution in [0.3, 0.4) is 0 Å². The molecule has 0 heterocycles. The van der Waals surface area contributed by atoms with E-state index in [0.29, 0.717) is 5.41 Å². The van der Waals surface area contributed by atoms with Crippen molar-refractivity contribution in [2.45, 2.75) is 66.2 Å². The summed E-state index contributed by atoms with van der Waals surface area (Å²) in [6.07, 6.45) is 8.70. The zero-order chi connectivity index (χ0) is 12.0. The van der Waals surface area contributed by atoms with Gasteiger partial charge in [0.1, 0.15) is 0 Å². The van der Waals surface area contributed by atoms with Crippen molar-refractivity contribution >= 4 is 0 Å². The second kappa shape index (κ2) is 6.64. The Kier molecular flexibility index (Phi) is 5.82. The first-order valence-electron chi connectivity index (χ1n) is 7.23. The zero-order valence-corrected chi connectivity index (χ0v) is 11.8. The zero-order valence-electron chi connectivity index (χ0n) is 11.8. The van der Waals surface area contributed by atoms with Gasteiger partial charge in [-0.25, -0.2) is 0 Å². The van der Waals surface area contributed by atoms with Gasteiger partial charge in [0.2, 0.25) is 0 Å². The van der Waals surface area contributed by atoms with Gasteiger partial charge in [-0.3, -0.25) is 0 Å². The molecule has 1 aliphatic rings. The van der Waals surface area contributed by atoms with E-state index in [4.69, 9.17) is 0 Å². The third kappa shape index (κ3) is 5.34. The minimum atomic E-state index is 0.514. The quantitative estimate of drug-likeness (QED) is 0.738. The van der Waals surface area contributed by atoms with E-state index in [0.717, 1.165) is 18.4 Å². The number of hydrogen-bond acceptors (Lipinski definition) is 1. The summed E-state index contributed by atoms with van der Waals surface area (Å²) in [7, 11) is 0. The van der Waals surface area contributed by atoms with Crippen molar-refractivity contribution in [2.24, 2.45) is 17.3 Å². The van der Waals surface area contributed by atoms with Gasteiger partial charge < -0.3 is 5.32 Å². The molecule has 0 aromatic rings. The summed E-state index contributed by atoms with van der Waals surface area (Å²) in [5, 5.41) is 3.55. The first-order chi connectivity index (χ1) is 7.53. The molecule has 0 bridgehead atoms. The monoisotopic (exact) mass is 225 g/mol. The highest BCUT2D eigenvalue weighted by molar-refractivity contribution is 4.78. The van der Waals surface area contributed by atoms with Gasteiger partial charge in [-0.15, -0.1) is 0 Å². The maximum Gasteiger partial charge on any atom is -0.00180 e. The third-order valence-corrected chi connectivity index (χ3v) is 3.99. The summed E-state index contributed by atoms with van der Waals surface area (Å²) in [5.41, 5.74) is 0.514. The molecule has 0 saturated heterocycles. The van der Waals surface area contributed by atoms with Gasteiger partial charge in [-0.1, -0.05) is 47.0 Å². The molecule has 0 aromatic carbocycles. The fourth-order valence-electron chi connectivity index (χ4n) is 2.88. The molecule has 16 heavy (non-hydrogen) atoms. The van der Waals surface area contributed by atoms with Crippen molar-refractivity contribution in [1.82, 2.24) is 5.32 Å². The van der Waals surface area contributed by atoms with Crippen molar-refractivity contribution in [1.29, 1.82) is 0 Å². The lowest BCUT2D eigenvalue weighted by atomic mass is 9.74. The van der Waals surface area contributed by atoms with Crippen LogP contribution < -0.4 is 5.32 Å². The Morgan fingerprint density at radius 2 is 1.69 bits per heavy atom. The van der Waals surface area contributed by atoms with Crippen LogP contribution in [0.5, 0.6) is 0 Å². The van der Waals surface area contributed by atoms with Crippen molar-refractivity contribution in [3.63, 3.8) is 0 Å². The van der Waals surface area contributed by atoms with Gasteiger partial charge in [-0.05, 0) is 49.6 Å². The van der Waals surface area contributed by atoms with E-state index in [1.54, 1.807) is 0 Å².